The molecule has 0 spiro atoms. The topological polar surface area (TPSA) is 47.3 Å². The summed E-state index contributed by atoms with van der Waals surface area (Å²) in [5, 5.41) is 9.15. The normalized spacial score (nSPS) is 11.2. The molecular formula is C21H18F2N2O2S. The van der Waals surface area contributed by atoms with Gasteiger partial charge in [0.1, 0.15) is 27.8 Å². The summed E-state index contributed by atoms with van der Waals surface area (Å²) in [6.45, 7) is 1.23. The van der Waals surface area contributed by atoms with Crippen LogP contribution in [-0.4, -0.2) is 18.3 Å². The lowest BCUT2D eigenvalue weighted by Crippen LogP contribution is -2.18. The van der Waals surface area contributed by atoms with Gasteiger partial charge in [-0.2, -0.15) is 0 Å². The van der Waals surface area contributed by atoms with Crippen molar-refractivity contribution < 1.29 is 18.0 Å². The zero-order chi connectivity index (χ0) is 19.3. The van der Waals surface area contributed by atoms with Gasteiger partial charge in [0.05, 0.1) is 6.61 Å². The van der Waals surface area contributed by atoms with Crippen LogP contribution < -0.4 is 10.1 Å². The van der Waals surface area contributed by atoms with Crippen molar-refractivity contribution in [3.05, 3.63) is 71.1 Å². The van der Waals surface area contributed by atoms with E-state index in [9.17, 15) is 8.78 Å². The SMILES string of the molecule is Fc1cccc(F)c1CNCCCOc1cccc(-c2noc3ccsc23)c1. The molecule has 28 heavy (non-hydrogen) atoms. The van der Waals surface area contributed by atoms with Gasteiger partial charge >= 0.3 is 0 Å². The van der Waals surface area contributed by atoms with Gasteiger partial charge in [-0.15, -0.1) is 11.3 Å². The average molecular weight is 400 g/mol. The van der Waals surface area contributed by atoms with Crippen molar-refractivity contribution in [3.8, 4) is 17.0 Å². The van der Waals surface area contributed by atoms with E-state index in [-0.39, 0.29) is 12.1 Å². The minimum Gasteiger partial charge on any atom is -0.494 e. The van der Waals surface area contributed by atoms with E-state index < -0.39 is 11.6 Å². The van der Waals surface area contributed by atoms with Crippen LogP contribution in [0.4, 0.5) is 8.78 Å². The maximum atomic E-state index is 13.6. The Morgan fingerprint density at radius 2 is 1.89 bits per heavy atom. The zero-order valence-electron chi connectivity index (χ0n) is 15.0. The van der Waals surface area contributed by atoms with Crippen molar-refractivity contribution in [2.24, 2.45) is 0 Å². The number of hydrogen-bond acceptors (Lipinski definition) is 5. The highest BCUT2D eigenvalue weighted by molar-refractivity contribution is 7.17. The number of nitrogens with zero attached hydrogens (tertiary/aromatic N) is 1. The molecule has 4 nitrogen and oxygen atoms in total. The van der Waals surface area contributed by atoms with Crippen LogP contribution >= 0.6 is 11.3 Å². The number of halogens is 2. The quantitative estimate of drug-likeness (QED) is 0.403. The molecule has 1 N–H and O–H groups in total. The minimum absolute atomic E-state index is 0.0589. The second kappa shape index (κ2) is 8.50. The van der Waals surface area contributed by atoms with Gasteiger partial charge in [0.2, 0.25) is 0 Å². The van der Waals surface area contributed by atoms with Crippen molar-refractivity contribution in [1.29, 1.82) is 0 Å². The van der Waals surface area contributed by atoms with E-state index in [1.54, 1.807) is 11.3 Å². The van der Waals surface area contributed by atoms with Crippen molar-refractivity contribution in [2.75, 3.05) is 13.2 Å². The van der Waals surface area contributed by atoms with Crippen LogP contribution in [0.15, 0.2) is 58.4 Å². The molecule has 0 aliphatic carbocycles. The van der Waals surface area contributed by atoms with Gasteiger partial charge < -0.3 is 14.6 Å². The van der Waals surface area contributed by atoms with Gasteiger partial charge in [-0.05, 0) is 48.7 Å². The van der Waals surface area contributed by atoms with Gasteiger partial charge in [0.15, 0.2) is 5.58 Å². The minimum atomic E-state index is -0.534. The van der Waals surface area contributed by atoms with Crippen LogP contribution in [0.3, 0.4) is 0 Å². The van der Waals surface area contributed by atoms with Crippen LogP contribution in [0, 0.1) is 11.6 Å². The molecule has 4 aromatic rings. The zero-order valence-corrected chi connectivity index (χ0v) is 15.8. The third-order valence-corrected chi connectivity index (χ3v) is 5.22. The molecule has 0 atom stereocenters. The highest BCUT2D eigenvalue weighted by Gasteiger charge is 2.12. The molecule has 0 amide bonds. The Labute approximate surface area is 164 Å². The number of fused-ring (bicyclic) bond motifs is 1. The Balaban J connectivity index is 1.27. The molecule has 2 aromatic carbocycles. The highest BCUT2D eigenvalue weighted by atomic mass is 32.1. The fourth-order valence-electron chi connectivity index (χ4n) is 2.90. The van der Waals surface area contributed by atoms with Crippen molar-refractivity contribution in [3.63, 3.8) is 0 Å². The molecule has 2 heterocycles. The smallest absolute Gasteiger partial charge is 0.178 e. The largest absolute Gasteiger partial charge is 0.494 e. The lowest BCUT2D eigenvalue weighted by atomic mass is 10.1. The van der Waals surface area contributed by atoms with E-state index >= 15 is 0 Å². The van der Waals surface area contributed by atoms with Gasteiger partial charge in [-0.25, -0.2) is 8.78 Å². The fourth-order valence-corrected chi connectivity index (χ4v) is 3.71. The average Bonchev–Trinajstić information content (AvgIpc) is 3.30. The molecule has 0 aliphatic heterocycles. The molecule has 0 fully saturated rings. The van der Waals surface area contributed by atoms with Gasteiger partial charge in [0.25, 0.3) is 0 Å². The third-order valence-electron chi connectivity index (χ3n) is 4.32. The molecule has 0 unspecified atom stereocenters. The van der Waals surface area contributed by atoms with E-state index in [0.717, 1.165) is 27.3 Å². The molecule has 0 radical (unpaired) electrons. The summed E-state index contributed by atoms with van der Waals surface area (Å²) in [7, 11) is 0. The predicted molar refractivity (Wildman–Crippen MR) is 105 cm³/mol. The van der Waals surface area contributed by atoms with E-state index in [1.165, 1.54) is 18.2 Å². The Kier molecular flexibility index (Phi) is 5.64. The third kappa shape index (κ3) is 4.05. The second-order valence-corrected chi connectivity index (χ2v) is 7.17. The summed E-state index contributed by atoms with van der Waals surface area (Å²) in [6.07, 6.45) is 0.708. The van der Waals surface area contributed by atoms with Crippen molar-refractivity contribution in [2.45, 2.75) is 13.0 Å². The highest BCUT2D eigenvalue weighted by Crippen LogP contribution is 2.33. The number of aromatic nitrogens is 1. The number of ether oxygens (including phenoxy) is 1. The van der Waals surface area contributed by atoms with Crippen LogP contribution in [-0.2, 0) is 6.54 Å². The summed E-state index contributed by atoms with van der Waals surface area (Å²) >= 11 is 1.59. The number of thiophene rings is 1. The molecule has 0 bridgehead atoms. The van der Waals surface area contributed by atoms with Crippen LogP contribution in [0.1, 0.15) is 12.0 Å². The first-order valence-corrected chi connectivity index (χ1v) is 9.80. The first-order chi connectivity index (χ1) is 13.7. The van der Waals surface area contributed by atoms with Crippen LogP contribution in [0.2, 0.25) is 0 Å². The Morgan fingerprint density at radius 1 is 1.07 bits per heavy atom. The van der Waals surface area contributed by atoms with Gasteiger partial charge in [0, 0.05) is 17.7 Å². The van der Waals surface area contributed by atoms with Gasteiger partial charge in [-0.3, -0.25) is 0 Å². The number of hydrogen-bond donors (Lipinski definition) is 1. The number of benzene rings is 2. The predicted octanol–water partition coefficient (Wildman–Crippen LogP) is 5.39. The monoisotopic (exact) mass is 400 g/mol. The first-order valence-electron chi connectivity index (χ1n) is 8.92. The van der Waals surface area contributed by atoms with E-state index in [2.05, 4.69) is 10.5 Å². The van der Waals surface area contributed by atoms with Crippen molar-refractivity contribution >= 4 is 21.6 Å². The molecule has 0 saturated heterocycles. The van der Waals surface area contributed by atoms with Crippen molar-refractivity contribution in [1.82, 2.24) is 10.5 Å². The number of nitrogens with one attached hydrogen (secondary N) is 1. The van der Waals surface area contributed by atoms with Crippen LogP contribution in [0.25, 0.3) is 21.5 Å². The van der Waals surface area contributed by atoms with E-state index in [1.807, 2.05) is 35.7 Å². The molecule has 7 heteroatoms. The lowest BCUT2D eigenvalue weighted by Gasteiger charge is -2.09. The Morgan fingerprint density at radius 3 is 2.75 bits per heavy atom. The molecule has 4 rings (SSSR count). The van der Waals surface area contributed by atoms with E-state index in [4.69, 9.17) is 9.26 Å². The molecule has 2 aromatic heterocycles. The van der Waals surface area contributed by atoms with Crippen LogP contribution in [0.5, 0.6) is 5.75 Å². The van der Waals surface area contributed by atoms with E-state index in [0.29, 0.717) is 19.6 Å². The Bertz CT molecular complexity index is 1060. The Hall–Kier alpha value is -2.77. The maximum Gasteiger partial charge on any atom is 0.178 e. The molecule has 144 valence electrons. The fraction of sp³-hybridized carbons (Fsp3) is 0.190. The summed E-state index contributed by atoms with van der Waals surface area (Å²) in [6, 6.07) is 13.5. The first kappa shape index (κ1) is 18.6. The standard InChI is InChI=1S/C21H18F2N2O2S/c22-17-6-2-7-18(23)16(17)13-24-9-3-10-26-15-5-1-4-14(12-15)20-21-19(27-25-20)8-11-28-21/h1-2,4-8,11-12,24H,3,9-10,13H2. The number of rotatable bonds is 8. The molecule has 0 saturated carbocycles. The summed E-state index contributed by atoms with van der Waals surface area (Å²) in [5.41, 5.74) is 2.59. The summed E-state index contributed by atoms with van der Waals surface area (Å²) < 4.78 is 39.3. The molecule has 0 aliphatic rings. The molecular weight excluding hydrogens is 382 g/mol. The second-order valence-electron chi connectivity index (χ2n) is 6.25. The van der Waals surface area contributed by atoms with Gasteiger partial charge in [-0.1, -0.05) is 23.4 Å². The lowest BCUT2D eigenvalue weighted by molar-refractivity contribution is 0.308. The maximum absolute atomic E-state index is 13.6. The summed E-state index contributed by atoms with van der Waals surface area (Å²) in [5.74, 6) is -0.327. The summed E-state index contributed by atoms with van der Waals surface area (Å²) in [4.78, 5) is 0.